The topological polar surface area (TPSA) is 46.3 Å². The van der Waals surface area contributed by atoms with Gasteiger partial charge in [0.25, 0.3) is 0 Å². The van der Waals surface area contributed by atoms with Crippen LogP contribution < -0.4 is 5.73 Å². The fourth-order valence-electron chi connectivity index (χ4n) is 2.83. The van der Waals surface area contributed by atoms with Gasteiger partial charge in [-0.1, -0.05) is 12.1 Å². The molecule has 2 unspecified atom stereocenters. The van der Waals surface area contributed by atoms with Gasteiger partial charge in [0.15, 0.2) is 11.6 Å². The zero-order valence-corrected chi connectivity index (χ0v) is 12.0. The highest BCUT2D eigenvalue weighted by Crippen LogP contribution is 2.37. The van der Waals surface area contributed by atoms with Crippen molar-refractivity contribution in [3.8, 4) is 0 Å². The van der Waals surface area contributed by atoms with Gasteiger partial charge in [0.2, 0.25) is 5.91 Å². The number of amides is 1. The van der Waals surface area contributed by atoms with Crippen LogP contribution in [0.1, 0.15) is 45.2 Å². The number of benzene rings is 1. The molecule has 2 N–H and O–H groups in total. The van der Waals surface area contributed by atoms with Crippen LogP contribution in [0.15, 0.2) is 18.2 Å². The van der Waals surface area contributed by atoms with Gasteiger partial charge in [-0.3, -0.25) is 4.79 Å². The maximum Gasteiger partial charge on any atom is 0.223 e. The third-order valence-electron chi connectivity index (χ3n) is 3.67. The van der Waals surface area contributed by atoms with Gasteiger partial charge >= 0.3 is 0 Å². The molecule has 20 heavy (non-hydrogen) atoms. The number of nitrogens with zero attached hydrogens (tertiary/aromatic N) is 1. The lowest BCUT2D eigenvalue weighted by molar-refractivity contribution is -0.144. The molecule has 1 aromatic rings. The summed E-state index contributed by atoms with van der Waals surface area (Å²) in [5.41, 5.74) is 5.75. The van der Waals surface area contributed by atoms with E-state index in [-0.39, 0.29) is 11.5 Å². The summed E-state index contributed by atoms with van der Waals surface area (Å²) < 4.78 is 27.5. The van der Waals surface area contributed by atoms with E-state index in [4.69, 9.17) is 5.73 Å². The molecule has 1 aliphatic rings. The van der Waals surface area contributed by atoms with E-state index in [2.05, 4.69) is 0 Å². The first-order chi connectivity index (χ1) is 9.23. The summed E-state index contributed by atoms with van der Waals surface area (Å²) in [7, 11) is 0. The normalized spacial score (nSPS) is 24.1. The van der Waals surface area contributed by atoms with E-state index in [1.165, 1.54) is 12.1 Å². The fourth-order valence-corrected chi connectivity index (χ4v) is 2.83. The molecular formula is C15H20F2N2O. The van der Waals surface area contributed by atoms with Crippen LogP contribution in [0, 0.1) is 11.6 Å². The maximum absolute atomic E-state index is 14.1. The SMILES string of the molecule is CC(C)(C)N1C(=O)CCC(N)C1c1cccc(F)c1F. The van der Waals surface area contributed by atoms with Gasteiger partial charge in [0.1, 0.15) is 0 Å². The van der Waals surface area contributed by atoms with Crippen LogP contribution in [-0.4, -0.2) is 22.4 Å². The highest BCUT2D eigenvalue weighted by Gasteiger charge is 2.41. The van der Waals surface area contributed by atoms with E-state index in [1.54, 1.807) is 4.90 Å². The predicted octanol–water partition coefficient (Wildman–Crippen LogP) is 2.75. The van der Waals surface area contributed by atoms with Gasteiger partial charge in [-0.05, 0) is 33.3 Å². The third kappa shape index (κ3) is 2.54. The van der Waals surface area contributed by atoms with Crippen molar-refractivity contribution in [3.05, 3.63) is 35.4 Å². The number of halogens is 2. The lowest BCUT2D eigenvalue weighted by atomic mass is 9.86. The van der Waals surface area contributed by atoms with Crippen LogP contribution in [-0.2, 0) is 4.79 Å². The molecular weight excluding hydrogens is 262 g/mol. The molecule has 1 amide bonds. The quantitative estimate of drug-likeness (QED) is 0.861. The second-order valence-electron chi connectivity index (χ2n) is 6.22. The monoisotopic (exact) mass is 282 g/mol. The summed E-state index contributed by atoms with van der Waals surface area (Å²) in [5, 5.41) is 0. The third-order valence-corrected chi connectivity index (χ3v) is 3.67. The molecule has 2 atom stereocenters. The Hall–Kier alpha value is -1.49. The van der Waals surface area contributed by atoms with Gasteiger partial charge in [0, 0.05) is 23.6 Å². The lowest BCUT2D eigenvalue weighted by Gasteiger charge is -2.47. The molecule has 3 nitrogen and oxygen atoms in total. The smallest absolute Gasteiger partial charge is 0.223 e. The van der Waals surface area contributed by atoms with Gasteiger partial charge < -0.3 is 10.6 Å². The predicted molar refractivity (Wildman–Crippen MR) is 72.9 cm³/mol. The van der Waals surface area contributed by atoms with Crippen molar-refractivity contribution in [3.63, 3.8) is 0 Å². The second kappa shape index (κ2) is 5.13. The van der Waals surface area contributed by atoms with E-state index in [0.29, 0.717) is 12.8 Å². The minimum atomic E-state index is -0.920. The fraction of sp³-hybridized carbons (Fsp3) is 0.533. The number of hydrogen-bond acceptors (Lipinski definition) is 2. The molecule has 2 rings (SSSR count). The molecule has 1 saturated heterocycles. The van der Waals surface area contributed by atoms with Crippen molar-refractivity contribution in [2.45, 2.75) is 51.2 Å². The van der Waals surface area contributed by atoms with Crippen LogP contribution in [0.2, 0.25) is 0 Å². The molecule has 1 aromatic carbocycles. The van der Waals surface area contributed by atoms with Crippen molar-refractivity contribution < 1.29 is 13.6 Å². The Bertz CT molecular complexity index is 525. The van der Waals surface area contributed by atoms with Crippen molar-refractivity contribution in [1.29, 1.82) is 0 Å². The zero-order valence-electron chi connectivity index (χ0n) is 12.0. The Balaban J connectivity index is 2.54. The molecule has 1 heterocycles. The highest BCUT2D eigenvalue weighted by atomic mass is 19.2. The van der Waals surface area contributed by atoms with Gasteiger partial charge in [-0.25, -0.2) is 8.78 Å². The van der Waals surface area contributed by atoms with Crippen LogP contribution in [0.5, 0.6) is 0 Å². The second-order valence-corrected chi connectivity index (χ2v) is 6.22. The van der Waals surface area contributed by atoms with Crippen LogP contribution in [0.3, 0.4) is 0 Å². The molecule has 0 aromatic heterocycles. The van der Waals surface area contributed by atoms with Gasteiger partial charge in [-0.2, -0.15) is 0 Å². The van der Waals surface area contributed by atoms with E-state index < -0.39 is 29.3 Å². The Morgan fingerprint density at radius 2 is 1.95 bits per heavy atom. The summed E-state index contributed by atoms with van der Waals surface area (Å²) in [4.78, 5) is 13.8. The van der Waals surface area contributed by atoms with Crippen LogP contribution in [0.25, 0.3) is 0 Å². The largest absolute Gasteiger partial charge is 0.329 e. The molecule has 0 aliphatic carbocycles. The molecule has 110 valence electrons. The van der Waals surface area contributed by atoms with E-state index >= 15 is 0 Å². The summed E-state index contributed by atoms with van der Waals surface area (Å²) >= 11 is 0. The Kier molecular flexibility index (Phi) is 3.82. The first kappa shape index (κ1) is 14.9. The van der Waals surface area contributed by atoms with Crippen LogP contribution in [0.4, 0.5) is 8.78 Å². The molecule has 0 radical (unpaired) electrons. The number of piperidine rings is 1. The van der Waals surface area contributed by atoms with Crippen molar-refractivity contribution in [1.82, 2.24) is 4.90 Å². The Morgan fingerprint density at radius 3 is 2.55 bits per heavy atom. The lowest BCUT2D eigenvalue weighted by Crippen LogP contribution is -2.56. The standard InChI is InChI=1S/C15H20F2N2O/c1-15(2,3)19-12(20)8-7-11(18)14(19)9-5-4-6-10(16)13(9)17/h4-6,11,14H,7-8,18H2,1-3H3. The van der Waals surface area contributed by atoms with Gasteiger partial charge in [-0.15, -0.1) is 0 Å². The molecule has 1 aliphatic heterocycles. The van der Waals surface area contributed by atoms with E-state index in [1.807, 2.05) is 20.8 Å². The summed E-state index contributed by atoms with van der Waals surface area (Å²) in [5.74, 6) is -1.91. The van der Waals surface area contributed by atoms with Crippen molar-refractivity contribution in [2.24, 2.45) is 5.73 Å². The molecule has 0 bridgehead atoms. The van der Waals surface area contributed by atoms with E-state index in [0.717, 1.165) is 6.07 Å². The summed E-state index contributed by atoms with van der Waals surface area (Å²) in [6.07, 6.45) is 0.817. The number of carbonyl (C=O) groups is 1. The van der Waals surface area contributed by atoms with Gasteiger partial charge in [0.05, 0.1) is 6.04 Å². The first-order valence-electron chi connectivity index (χ1n) is 6.75. The summed E-state index contributed by atoms with van der Waals surface area (Å²) in [6, 6.07) is 2.98. The Morgan fingerprint density at radius 1 is 1.30 bits per heavy atom. The number of likely N-dealkylation sites (tertiary alicyclic amines) is 1. The first-order valence-corrected chi connectivity index (χ1v) is 6.75. The number of rotatable bonds is 1. The maximum atomic E-state index is 14.1. The molecule has 5 heteroatoms. The minimum absolute atomic E-state index is 0.0761. The molecule has 1 fully saturated rings. The Labute approximate surface area is 117 Å². The average molecular weight is 282 g/mol. The van der Waals surface area contributed by atoms with Crippen LogP contribution >= 0.6 is 0 Å². The van der Waals surface area contributed by atoms with Crippen molar-refractivity contribution in [2.75, 3.05) is 0 Å². The molecule has 0 spiro atoms. The number of carbonyl (C=O) groups excluding carboxylic acids is 1. The average Bonchev–Trinajstić information content (AvgIpc) is 2.34. The molecule has 0 saturated carbocycles. The van der Waals surface area contributed by atoms with Crippen molar-refractivity contribution >= 4 is 5.91 Å². The van der Waals surface area contributed by atoms with E-state index in [9.17, 15) is 13.6 Å². The summed E-state index contributed by atoms with van der Waals surface area (Å²) in [6.45, 7) is 5.60. The minimum Gasteiger partial charge on any atom is -0.329 e. The zero-order chi connectivity index (χ0) is 15.1. The number of hydrogen-bond donors (Lipinski definition) is 1. The highest BCUT2D eigenvalue weighted by molar-refractivity contribution is 5.78. The number of nitrogens with two attached hydrogens (primary N) is 1.